The number of carbonyl (C=O) groups is 2. The lowest BCUT2D eigenvalue weighted by atomic mass is 10.2. The van der Waals surface area contributed by atoms with Crippen LogP contribution in [0, 0.1) is 0 Å². The van der Waals surface area contributed by atoms with E-state index < -0.39 is 18.0 Å². The Kier molecular flexibility index (Phi) is 6.54. The highest BCUT2D eigenvalue weighted by atomic mass is 32.1. The number of thiophene rings is 1. The molecule has 0 radical (unpaired) electrons. The summed E-state index contributed by atoms with van der Waals surface area (Å²) in [5.41, 5.74) is 0. The van der Waals surface area contributed by atoms with Crippen LogP contribution in [0.5, 0.6) is 6.01 Å². The average molecular weight is 460 g/mol. The minimum absolute atomic E-state index is 0.0335. The van der Waals surface area contributed by atoms with E-state index in [2.05, 4.69) is 37.4 Å². The van der Waals surface area contributed by atoms with Crippen LogP contribution < -0.4 is 9.64 Å². The van der Waals surface area contributed by atoms with E-state index in [4.69, 9.17) is 14.2 Å². The number of esters is 2. The van der Waals surface area contributed by atoms with Gasteiger partial charge in [0.15, 0.2) is 6.10 Å². The first-order chi connectivity index (χ1) is 15.4. The number of carbonyl (C=O) groups excluding carboxylic acids is 2. The summed E-state index contributed by atoms with van der Waals surface area (Å²) in [5, 5.41) is 0.982. The minimum atomic E-state index is -0.754. The number of rotatable bonds is 8. The molecule has 0 spiro atoms. The Morgan fingerprint density at radius 3 is 2.78 bits per heavy atom. The van der Waals surface area contributed by atoms with Gasteiger partial charge in [-0.1, -0.05) is 6.92 Å². The zero-order valence-electron chi connectivity index (χ0n) is 18.2. The van der Waals surface area contributed by atoms with Crippen LogP contribution in [0.2, 0.25) is 0 Å². The molecule has 0 fully saturated rings. The van der Waals surface area contributed by atoms with Gasteiger partial charge in [0, 0.05) is 44.2 Å². The molecule has 0 aliphatic carbocycles. The van der Waals surface area contributed by atoms with Crippen molar-refractivity contribution in [1.82, 2.24) is 19.5 Å². The van der Waals surface area contributed by atoms with Gasteiger partial charge in [-0.3, -0.25) is 9.59 Å². The van der Waals surface area contributed by atoms with Crippen LogP contribution >= 0.6 is 11.3 Å². The van der Waals surface area contributed by atoms with Crippen LogP contribution in [0.25, 0.3) is 10.2 Å². The molecule has 4 heterocycles. The van der Waals surface area contributed by atoms with Crippen LogP contribution in [0.3, 0.4) is 0 Å². The van der Waals surface area contributed by atoms with E-state index in [1.165, 1.54) is 18.7 Å². The van der Waals surface area contributed by atoms with Crippen molar-refractivity contribution in [3.8, 4) is 6.01 Å². The van der Waals surface area contributed by atoms with Gasteiger partial charge in [-0.25, -0.2) is 4.98 Å². The van der Waals surface area contributed by atoms with Crippen molar-refractivity contribution < 1.29 is 23.8 Å². The maximum Gasteiger partial charge on any atom is 0.319 e. The van der Waals surface area contributed by atoms with Crippen molar-refractivity contribution in [2.75, 3.05) is 24.7 Å². The number of ether oxygens (including phenoxy) is 3. The Morgan fingerprint density at radius 2 is 2.03 bits per heavy atom. The zero-order chi connectivity index (χ0) is 22.7. The molecule has 0 aromatic carbocycles. The lowest BCUT2D eigenvalue weighted by molar-refractivity contribution is -0.158. The Balaban J connectivity index is 1.59. The SMILES string of the molecule is CCc1cc2c(N3CCn4ccnc4C3)nc(OCC(COC(C)=O)OC(C)=O)nc2s1. The van der Waals surface area contributed by atoms with E-state index in [1.807, 2.05) is 6.20 Å². The van der Waals surface area contributed by atoms with Crippen LogP contribution in [-0.2, 0) is 38.6 Å². The highest BCUT2D eigenvalue weighted by molar-refractivity contribution is 7.18. The Labute approximate surface area is 189 Å². The summed E-state index contributed by atoms with van der Waals surface area (Å²) in [7, 11) is 0. The number of hydrogen-bond acceptors (Lipinski definition) is 10. The van der Waals surface area contributed by atoms with E-state index in [-0.39, 0.29) is 19.2 Å². The molecule has 32 heavy (non-hydrogen) atoms. The number of hydrogen-bond donors (Lipinski definition) is 0. The smallest absolute Gasteiger partial charge is 0.319 e. The van der Waals surface area contributed by atoms with Gasteiger partial charge in [0.1, 0.15) is 29.7 Å². The van der Waals surface area contributed by atoms with Crippen molar-refractivity contribution in [2.24, 2.45) is 0 Å². The van der Waals surface area contributed by atoms with Gasteiger partial charge < -0.3 is 23.7 Å². The van der Waals surface area contributed by atoms with E-state index >= 15 is 0 Å². The third-order valence-electron chi connectivity index (χ3n) is 5.00. The number of fused-ring (bicyclic) bond motifs is 2. The molecule has 1 atom stereocenters. The van der Waals surface area contributed by atoms with Crippen molar-refractivity contribution in [2.45, 2.75) is 46.4 Å². The summed E-state index contributed by atoms with van der Waals surface area (Å²) in [4.78, 5) is 40.4. The molecule has 3 aromatic rings. The lowest BCUT2D eigenvalue weighted by Crippen LogP contribution is -2.34. The van der Waals surface area contributed by atoms with Gasteiger partial charge in [0.25, 0.3) is 0 Å². The van der Waals surface area contributed by atoms with E-state index in [1.54, 1.807) is 17.5 Å². The molecule has 1 aliphatic heterocycles. The molecule has 1 unspecified atom stereocenters. The second-order valence-corrected chi connectivity index (χ2v) is 8.53. The summed E-state index contributed by atoms with van der Waals surface area (Å²) < 4.78 is 18.1. The Bertz CT molecular complexity index is 1130. The standard InChI is InChI=1S/C21H25N5O5S/c1-4-16-9-17-19(26-8-7-25-6-5-22-18(25)10-26)23-21(24-20(17)32-16)30-12-15(31-14(3)28)11-29-13(2)27/h5-6,9,15H,4,7-8,10-12H2,1-3H3. The third-order valence-corrected chi connectivity index (χ3v) is 6.17. The molecule has 4 rings (SSSR count). The second-order valence-electron chi connectivity index (χ2n) is 7.42. The van der Waals surface area contributed by atoms with Crippen LogP contribution in [-0.4, -0.2) is 57.3 Å². The quantitative estimate of drug-likeness (QED) is 0.469. The highest BCUT2D eigenvalue weighted by Crippen LogP contribution is 2.34. The van der Waals surface area contributed by atoms with Gasteiger partial charge in [0.05, 0.1) is 11.9 Å². The topological polar surface area (TPSA) is 109 Å². The number of imidazole rings is 1. The maximum atomic E-state index is 11.4. The van der Waals surface area contributed by atoms with Gasteiger partial charge >= 0.3 is 17.9 Å². The molecular formula is C21H25N5O5S. The van der Waals surface area contributed by atoms with Crippen molar-refractivity contribution in [3.63, 3.8) is 0 Å². The molecule has 3 aromatic heterocycles. The number of aromatic nitrogens is 4. The Hall–Kier alpha value is -3.21. The molecule has 0 saturated heterocycles. The van der Waals surface area contributed by atoms with Crippen LogP contribution in [0.1, 0.15) is 31.5 Å². The van der Waals surface area contributed by atoms with Gasteiger partial charge in [-0.05, 0) is 12.5 Å². The summed E-state index contributed by atoms with van der Waals surface area (Å²) in [6, 6.07) is 2.31. The fraction of sp³-hybridized carbons (Fsp3) is 0.476. The predicted molar refractivity (Wildman–Crippen MR) is 118 cm³/mol. The second kappa shape index (κ2) is 9.51. The van der Waals surface area contributed by atoms with E-state index in [9.17, 15) is 9.59 Å². The largest absolute Gasteiger partial charge is 0.462 e. The summed E-state index contributed by atoms with van der Waals surface area (Å²) >= 11 is 1.60. The molecule has 0 amide bonds. The fourth-order valence-electron chi connectivity index (χ4n) is 3.50. The molecular weight excluding hydrogens is 434 g/mol. The zero-order valence-corrected chi connectivity index (χ0v) is 19.1. The predicted octanol–water partition coefficient (Wildman–Crippen LogP) is 2.34. The molecule has 0 saturated carbocycles. The average Bonchev–Trinajstić information content (AvgIpc) is 3.40. The fourth-order valence-corrected chi connectivity index (χ4v) is 4.45. The summed E-state index contributed by atoms with van der Waals surface area (Å²) in [6.45, 7) is 6.80. The first kappa shape index (κ1) is 22.0. The molecule has 11 heteroatoms. The first-order valence-electron chi connectivity index (χ1n) is 10.4. The van der Waals surface area contributed by atoms with Gasteiger partial charge in [-0.2, -0.15) is 9.97 Å². The van der Waals surface area contributed by atoms with Gasteiger partial charge in [0.2, 0.25) is 0 Å². The summed E-state index contributed by atoms with van der Waals surface area (Å²) in [5.74, 6) is 0.820. The third kappa shape index (κ3) is 4.98. The molecule has 10 nitrogen and oxygen atoms in total. The van der Waals surface area contributed by atoms with Crippen molar-refractivity contribution >= 4 is 39.3 Å². The molecule has 0 N–H and O–H groups in total. The monoisotopic (exact) mass is 459 g/mol. The van der Waals surface area contributed by atoms with Crippen molar-refractivity contribution in [3.05, 3.63) is 29.2 Å². The number of aryl methyl sites for hydroxylation is 1. The maximum absolute atomic E-state index is 11.4. The number of anilines is 1. The Morgan fingerprint density at radius 1 is 1.19 bits per heavy atom. The normalized spacial score (nSPS) is 14.2. The van der Waals surface area contributed by atoms with Crippen LogP contribution in [0.4, 0.5) is 5.82 Å². The number of nitrogens with zero attached hydrogens (tertiary/aromatic N) is 5. The van der Waals surface area contributed by atoms with E-state index in [0.29, 0.717) is 6.54 Å². The first-order valence-corrected chi connectivity index (χ1v) is 11.2. The van der Waals surface area contributed by atoms with Gasteiger partial charge in [-0.15, -0.1) is 11.3 Å². The molecule has 1 aliphatic rings. The highest BCUT2D eigenvalue weighted by Gasteiger charge is 2.23. The minimum Gasteiger partial charge on any atom is -0.462 e. The lowest BCUT2D eigenvalue weighted by Gasteiger charge is -2.29. The molecule has 170 valence electrons. The van der Waals surface area contributed by atoms with E-state index in [0.717, 1.165) is 41.4 Å². The molecule has 0 bridgehead atoms. The van der Waals surface area contributed by atoms with Crippen LogP contribution in [0.15, 0.2) is 18.5 Å². The summed E-state index contributed by atoms with van der Waals surface area (Å²) in [6.07, 6.45) is 3.93. The van der Waals surface area contributed by atoms with Crippen molar-refractivity contribution in [1.29, 1.82) is 0 Å².